The first-order chi connectivity index (χ1) is 11.7. The summed E-state index contributed by atoms with van der Waals surface area (Å²) in [7, 11) is 3.18. The summed E-state index contributed by atoms with van der Waals surface area (Å²) < 4.78 is 10.5. The zero-order valence-corrected chi connectivity index (χ0v) is 17.2. The number of hydrogen-bond donors (Lipinski definition) is 2. The van der Waals surface area contributed by atoms with E-state index in [2.05, 4.69) is 26.4 Å². The van der Waals surface area contributed by atoms with Gasteiger partial charge in [0, 0.05) is 26.4 Å². The number of methoxy groups -OCH3 is 1. The van der Waals surface area contributed by atoms with E-state index < -0.39 is 0 Å². The molecule has 0 saturated heterocycles. The van der Waals surface area contributed by atoms with Crippen LogP contribution >= 0.6 is 24.0 Å². The fourth-order valence-electron chi connectivity index (χ4n) is 2.68. The lowest BCUT2D eigenvalue weighted by atomic mass is 10.1. The highest BCUT2D eigenvalue weighted by Gasteiger charge is 2.22. The lowest BCUT2D eigenvalue weighted by Gasteiger charge is -2.15. The molecular weight excluding hydrogens is 433 g/mol. The zero-order chi connectivity index (χ0) is 17.2. The third-order valence-corrected chi connectivity index (χ3v) is 4.01. The Labute approximate surface area is 166 Å². The van der Waals surface area contributed by atoms with Crippen LogP contribution in [0.3, 0.4) is 0 Å². The van der Waals surface area contributed by atoms with Gasteiger partial charge < -0.3 is 20.1 Å². The Bertz CT molecular complexity index is 541. The maximum atomic E-state index is 11.0. The summed E-state index contributed by atoms with van der Waals surface area (Å²) in [5.41, 5.74) is 1.26. The van der Waals surface area contributed by atoms with Gasteiger partial charge in [0.15, 0.2) is 5.96 Å². The van der Waals surface area contributed by atoms with E-state index in [1.54, 1.807) is 7.05 Å². The fourth-order valence-corrected chi connectivity index (χ4v) is 2.68. The minimum absolute atomic E-state index is 0. The topological polar surface area (TPSA) is 72.0 Å². The largest absolute Gasteiger partial charge is 0.488 e. The fraction of sp³-hybridized carbons (Fsp3) is 0.556. The molecule has 1 atom stereocenters. The number of hydrogen-bond acceptors (Lipinski definition) is 4. The Balaban J connectivity index is 0.00000312. The molecule has 6 nitrogen and oxygen atoms in total. The monoisotopic (exact) mass is 461 g/mol. The van der Waals surface area contributed by atoms with Crippen molar-refractivity contribution in [2.75, 3.05) is 27.2 Å². The molecule has 1 aliphatic rings. The Morgan fingerprint density at radius 1 is 1.28 bits per heavy atom. The second kappa shape index (κ2) is 11.9. The van der Waals surface area contributed by atoms with Crippen LogP contribution in [0.2, 0.25) is 0 Å². The second-order valence-electron chi connectivity index (χ2n) is 5.82. The quantitative estimate of drug-likeness (QED) is 0.205. The Kier molecular flexibility index (Phi) is 10.3. The van der Waals surface area contributed by atoms with E-state index in [-0.39, 0.29) is 36.0 Å². The van der Waals surface area contributed by atoms with E-state index in [1.807, 2.05) is 18.2 Å². The number of nitrogens with one attached hydrogen (secondary N) is 2. The molecular formula is C18H28IN3O3. The maximum absolute atomic E-state index is 11.0. The summed E-state index contributed by atoms with van der Waals surface area (Å²) >= 11 is 0. The molecule has 0 radical (unpaired) electrons. The summed E-state index contributed by atoms with van der Waals surface area (Å²) in [6, 6.07) is 8.15. The van der Waals surface area contributed by atoms with Crippen molar-refractivity contribution in [2.24, 2.45) is 4.99 Å². The number of unbranched alkanes of at least 4 members (excludes halogenated alkanes) is 2. The van der Waals surface area contributed by atoms with E-state index in [9.17, 15) is 4.79 Å². The first-order valence-electron chi connectivity index (χ1n) is 8.49. The van der Waals surface area contributed by atoms with Gasteiger partial charge in [-0.1, -0.05) is 24.6 Å². The highest BCUT2D eigenvalue weighted by atomic mass is 127. The van der Waals surface area contributed by atoms with Gasteiger partial charge in [-0.15, -0.1) is 24.0 Å². The van der Waals surface area contributed by atoms with Crippen LogP contribution < -0.4 is 15.4 Å². The number of carbonyl (C=O) groups is 1. The number of fused-ring (bicyclic) bond motifs is 1. The molecule has 25 heavy (non-hydrogen) atoms. The van der Waals surface area contributed by atoms with Crippen LogP contribution in [0.4, 0.5) is 0 Å². The molecule has 2 rings (SSSR count). The lowest BCUT2D eigenvalue weighted by Crippen LogP contribution is -2.42. The SMILES string of the molecule is CN=C(NCCCCCC(=O)OC)NCC1Cc2ccccc2O1.I. The van der Waals surface area contributed by atoms with Crippen LogP contribution in [0.15, 0.2) is 29.3 Å². The smallest absolute Gasteiger partial charge is 0.305 e. The van der Waals surface area contributed by atoms with Crippen molar-refractivity contribution < 1.29 is 14.3 Å². The lowest BCUT2D eigenvalue weighted by molar-refractivity contribution is -0.140. The Morgan fingerprint density at radius 2 is 2.08 bits per heavy atom. The van der Waals surface area contributed by atoms with E-state index in [0.717, 1.165) is 50.5 Å². The average molecular weight is 461 g/mol. The molecule has 140 valence electrons. The minimum atomic E-state index is -0.141. The molecule has 0 saturated carbocycles. The van der Waals surface area contributed by atoms with Crippen LogP contribution in [-0.4, -0.2) is 45.3 Å². The number of carbonyl (C=O) groups excluding carboxylic acids is 1. The normalized spacial score (nSPS) is 15.6. The highest BCUT2D eigenvalue weighted by molar-refractivity contribution is 14.0. The number of benzene rings is 1. The number of rotatable bonds is 8. The molecule has 2 N–H and O–H groups in total. The first kappa shape index (κ1) is 21.5. The van der Waals surface area contributed by atoms with Crippen LogP contribution in [0.1, 0.15) is 31.2 Å². The van der Waals surface area contributed by atoms with Gasteiger partial charge in [0.1, 0.15) is 11.9 Å². The Hall–Kier alpha value is -1.51. The van der Waals surface area contributed by atoms with Crippen LogP contribution in [0.5, 0.6) is 5.75 Å². The summed E-state index contributed by atoms with van der Waals surface area (Å²) in [6.07, 6.45) is 4.38. The van der Waals surface area contributed by atoms with E-state index in [1.165, 1.54) is 12.7 Å². The third kappa shape index (κ3) is 7.50. The predicted molar refractivity (Wildman–Crippen MR) is 110 cm³/mol. The van der Waals surface area contributed by atoms with Gasteiger partial charge in [0.25, 0.3) is 0 Å². The predicted octanol–water partition coefficient (Wildman–Crippen LogP) is 2.51. The zero-order valence-electron chi connectivity index (χ0n) is 14.9. The standard InChI is InChI=1S/C18H27N3O3.HI/c1-19-18(20-11-7-3-4-10-17(22)23-2)21-13-15-12-14-8-5-6-9-16(14)24-15;/h5-6,8-9,15H,3-4,7,10-13H2,1-2H3,(H2,19,20,21);1H. The van der Waals surface area contributed by atoms with Gasteiger partial charge in [0.05, 0.1) is 13.7 Å². The van der Waals surface area contributed by atoms with Crippen molar-refractivity contribution >= 4 is 35.9 Å². The number of aliphatic imine (C=N–C) groups is 1. The third-order valence-electron chi connectivity index (χ3n) is 4.01. The van der Waals surface area contributed by atoms with Crippen LogP contribution in [0.25, 0.3) is 0 Å². The first-order valence-corrected chi connectivity index (χ1v) is 8.49. The number of guanidine groups is 1. The number of nitrogens with zero attached hydrogens (tertiary/aromatic N) is 1. The summed E-state index contributed by atoms with van der Waals surface area (Å²) in [4.78, 5) is 15.2. The van der Waals surface area contributed by atoms with Gasteiger partial charge in [-0.05, 0) is 24.5 Å². The van der Waals surface area contributed by atoms with E-state index in [0.29, 0.717) is 6.42 Å². The van der Waals surface area contributed by atoms with Crippen molar-refractivity contribution in [3.63, 3.8) is 0 Å². The minimum Gasteiger partial charge on any atom is -0.488 e. The van der Waals surface area contributed by atoms with Gasteiger partial charge in [0.2, 0.25) is 0 Å². The van der Waals surface area contributed by atoms with Gasteiger partial charge >= 0.3 is 5.97 Å². The number of halogens is 1. The van der Waals surface area contributed by atoms with E-state index >= 15 is 0 Å². The maximum Gasteiger partial charge on any atom is 0.305 e. The molecule has 7 heteroatoms. The van der Waals surface area contributed by atoms with Crippen molar-refractivity contribution in [3.05, 3.63) is 29.8 Å². The van der Waals surface area contributed by atoms with Crippen LogP contribution in [0, 0.1) is 0 Å². The molecule has 0 aliphatic carbocycles. The number of ether oxygens (including phenoxy) is 2. The highest BCUT2D eigenvalue weighted by Crippen LogP contribution is 2.27. The molecule has 0 fully saturated rings. The summed E-state index contributed by atoms with van der Waals surface area (Å²) in [5.74, 6) is 1.62. The molecule has 0 bridgehead atoms. The van der Waals surface area contributed by atoms with Crippen LogP contribution in [-0.2, 0) is 16.0 Å². The molecule has 1 aromatic rings. The molecule has 1 heterocycles. The molecule has 1 unspecified atom stereocenters. The van der Waals surface area contributed by atoms with Gasteiger partial charge in [-0.3, -0.25) is 9.79 Å². The molecule has 1 aliphatic heterocycles. The number of para-hydroxylation sites is 1. The van der Waals surface area contributed by atoms with Crippen molar-refractivity contribution in [1.82, 2.24) is 10.6 Å². The van der Waals surface area contributed by atoms with Crippen molar-refractivity contribution in [2.45, 2.75) is 38.2 Å². The summed E-state index contributed by atoms with van der Waals surface area (Å²) in [6.45, 7) is 1.54. The molecule has 1 aromatic carbocycles. The van der Waals surface area contributed by atoms with Gasteiger partial charge in [-0.2, -0.15) is 0 Å². The summed E-state index contributed by atoms with van der Waals surface area (Å²) in [5, 5.41) is 6.59. The van der Waals surface area contributed by atoms with Crippen molar-refractivity contribution in [3.8, 4) is 5.75 Å². The Morgan fingerprint density at radius 3 is 2.80 bits per heavy atom. The molecule has 0 aromatic heterocycles. The molecule has 0 spiro atoms. The number of esters is 1. The average Bonchev–Trinajstić information content (AvgIpc) is 3.03. The molecule has 0 amide bonds. The van der Waals surface area contributed by atoms with Crippen molar-refractivity contribution in [1.29, 1.82) is 0 Å². The van der Waals surface area contributed by atoms with Gasteiger partial charge in [-0.25, -0.2) is 0 Å². The van der Waals surface area contributed by atoms with E-state index in [4.69, 9.17) is 4.74 Å². The second-order valence-corrected chi connectivity index (χ2v) is 5.82.